The summed E-state index contributed by atoms with van der Waals surface area (Å²) in [4.78, 5) is 12.6. The Morgan fingerprint density at radius 3 is 2.88 bits per heavy atom. The van der Waals surface area contributed by atoms with Crippen molar-refractivity contribution in [1.82, 2.24) is 9.78 Å². The smallest absolute Gasteiger partial charge is 0.325 e. The molecule has 0 aliphatic heterocycles. The first-order chi connectivity index (χ1) is 7.69. The maximum absolute atomic E-state index is 10.6. The molecule has 0 atom stereocenters. The van der Waals surface area contributed by atoms with Crippen LogP contribution < -0.4 is 4.90 Å². The standard InChI is InChI=1S/C10H17N3O3/c1-2-5-12(6-7-14)9-3-4-11-13(9)8-10(15)16/h3-4,14H,2,5-8H2,1H3,(H,15,16). The average molecular weight is 227 g/mol. The summed E-state index contributed by atoms with van der Waals surface area (Å²) in [7, 11) is 0. The molecular formula is C10H17N3O3. The normalized spacial score (nSPS) is 10.4. The van der Waals surface area contributed by atoms with Crippen molar-refractivity contribution >= 4 is 11.8 Å². The Balaban J connectivity index is 2.81. The predicted molar refractivity (Wildman–Crippen MR) is 59.5 cm³/mol. The maximum Gasteiger partial charge on any atom is 0.325 e. The highest BCUT2D eigenvalue weighted by Gasteiger charge is 2.12. The summed E-state index contributed by atoms with van der Waals surface area (Å²) in [5, 5.41) is 21.6. The van der Waals surface area contributed by atoms with Crippen molar-refractivity contribution in [2.24, 2.45) is 0 Å². The Labute approximate surface area is 94.1 Å². The molecule has 16 heavy (non-hydrogen) atoms. The zero-order valence-corrected chi connectivity index (χ0v) is 9.33. The third-order valence-corrected chi connectivity index (χ3v) is 2.17. The number of carboxylic acids is 1. The summed E-state index contributed by atoms with van der Waals surface area (Å²) < 4.78 is 1.42. The van der Waals surface area contributed by atoms with Gasteiger partial charge in [0.25, 0.3) is 0 Å². The van der Waals surface area contributed by atoms with Gasteiger partial charge in [-0.1, -0.05) is 6.92 Å². The summed E-state index contributed by atoms with van der Waals surface area (Å²) >= 11 is 0. The molecule has 0 aliphatic carbocycles. The Bertz CT molecular complexity index is 332. The van der Waals surface area contributed by atoms with Crippen LogP contribution in [0.3, 0.4) is 0 Å². The summed E-state index contributed by atoms with van der Waals surface area (Å²) in [6, 6.07) is 1.76. The van der Waals surface area contributed by atoms with Crippen molar-refractivity contribution in [3.05, 3.63) is 12.3 Å². The second-order valence-electron chi connectivity index (χ2n) is 3.45. The number of rotatable bonds is 7. The van der Waals surface area contributed by atoms with Gasteiger partial charge in [0, 0.05) is 19.2 Å². The lowest BCUT2D eigenvalue weighted by molar-refractivity contribution is -0.137. The number of aliphatic carboxylic acids is 1. The second kappa shape index (κ2) is 6.12. The fourth-order valence-electron chi connectivity index (χ4n) is 1.58. The number of nitrogens with zero attached hydrogens (tertiary/aromatic N) is 3. The van der Waals surface area contributed by atoms with E-state index < -0.39 is 5.97 Å². The van der Waals surface area contributed by atoms with E-state index >= 15 is 0 Å². The van der Waals surface area contributed by atoms with Gasteiger partial charge < -0.3 is 15.1 Å². The number of hydrogen-bond donors (Lipinski definition) is 2. The molecule has 0 saturated heterocycles. The van der Waals surface area contributed by atoms with E-state index in [0.717, 1.165) is 18.8 Å². The van der Waals surface area contributed by atoms with Crippen LogP contribution in [0.2, 0.25) is 0 Å². The average Bonchev–Trinajstić information content (AvgIpc) is 2.64. The van der Waals surface area contributed by atoms with Gasteiger partial charge >= 0.3 is 5.97 Å². The number of carboxylic acid groups (broad SMARTS) is 1. The first-order valence-corrected chi connectivity index (χ1v) is 5.28. The molecule has 0 spiro atoms. The quantitative estimate of drug-likeness (QED) is 0.694. The number of aliphatic hydroxyl groups excluding tert-OH is 1. The molecule has 0 amide bonds. The van der Waals surface area contributed by atoms with Crippen LogP contribution in [0.15, 0.2) is 12.3 Å². The van der Waals surface area contributed by atoms with Crippen molar-refractivity contribution < 1.29 is 15.0 Å². The molecule has 2 N–H and O–H groups in total. The van der Waals surface area contributed by atoms with Crippen molar-refractivity contribution in [1.29, 1.82) is 0 Å². The van der Waals surface area contributed by atoms with Crippen LogP contribution in [0.1, 0.15) is 13.3 Å². The zero-order valence-electron chi connectivity index (χ0n) is 9.33. The van der Waals surface area contributed by atoms with Gasteiger partial charge in [-0.3, -0.25) is 4.79 Å². The molecule has 6 heteroatoms. The highest BCUT2D eigenvalue weighted by molar-refractivity contribution is 5.67. The first-order valence-electron chi connectivity index (χ1n) is 5.28. The van der Waals surface area contributed by atoms with Gasteiger partial charge in [-0.2, -0.15) is 5.10 Å². The molecule has 90 valence electrons. The Hall–Kier alpha value is -1.56. The third kappa shape index (κ3) is 3.23. The second-order valence-corrected chi connectivity index (χ2v) is 3.45. The number of carbonyl (C=O) groups is 1. The van der Waals surface area contributed by atoms with Crippen LogP contribution in [0, 0.1) is 0 Å². The molecule has 6 nitrogen and oxygen atoms in total. The SMILES string of the molecule is CCCN(CCO)c1ccnn1CC(=O)O. The van der Waals surface area contributed by atoms with E-state index in [4.69, 9.17) is 10.2 Å². The molecule has 1 rings (SSSR count). The van der Waals surface area contributed by atoms with E-state index in [1.165, 1.54) is 4.68 Å². The van der Waals surface area contributed by atoms with Crippen LogP contribution in [-0.2, 0) is 11.3 Å². The van der Waals surface area contributed by atoms with Gasteiger partial charge in [0.1, 0.15) is 12.4 Å². The number of aromatic nitrogens is 2. The fourth-order valence-corrected chi connectivity index (χ4v) is 1.58. The summed E-state index contributed by atoms with van der Waals surface area (Å²) in [6.07, 6.45) is 2.50. The van der Waals surface area contributed by atoms with Crippen molar-refractivity contribution in [2.75, 3.05) is 24.6 Å². The predicted octanol–water partition coefficient (Wildman–Crippen LogP) is 0.176. The van der Waals surface area contributed by atoms with Crippen molar-refractivity contribution in [2.45, 2.75) is 19.9 Å². The summed E-state index contributed by atoms with van der Waals surface area (Å²) in [5.41, 5.74) is 0. The lowest BCUT2D eigenvalue weighted by atomic mass is 10.4. The lowest BCUT2D eigenvalue weighted by Gasteiger charge is -2.23. The van der Waals surface area contributed by atoms with Crippen LogP contribution in [0.5, 0.6) is 0 Å². The zero-order chi connectivity index (χ0) is 12.0. The molecule has 0 aromatic carbocycles. The van der Waals surface area contributed by atoms with Crippen molar-refractivity contribution in [3.8, 4) is 0 Å². The molecule has 1 aromatic heterocycles. The fraction of sp³-hybridized carbons (Fsp3) is 0.600. The monoisotopic (exact) mass is 227 g/mol. The van der Waals surface area contributed by atoms with Crippen LogP contribution in [-0.4, -0.2) is 45.7 Å². The molecule has 0 radical (unpaired) electrons. The molecule has 1 aromatic rings. The van der Waals surface area contributed by atoms with Gasteiger partial charge in [-0.15, -0.1) is 0 Å². The van der Waals surface area contributed by atoms with Crippen LogP contribution in [0.25, 0.3) is 0 Å². The molecule has 0 saturated carbocycles. The Kier molecular flexibility index (Phi) is 4.78. The van der Waals surface area contributed by atoms with E-state index in [9.17, 15) is 4.79 Å². The topological polar surface area (TPSA) is 78.6 Å². The van der Waals surface area contributed by atoms with Gasteiger partial charge in [-0.25, -0.2) is 4.68 Å². The molecule has 0 fully saturated rings. The van der Waals surface area contributed by atoms with E-state index in [0.29, 0.717) is 6.54 Å². The third-order valence-electron chi connectivity index (χ3n) is 2.17. The highest BCUT2D eigenvalue weighted by Crippen LogP contribution is 2.13. The number of anilines is 1. The van der Waals surface area contributed by atoms with Gasteiger partial charge in [-0.05, 0) is 6.42 Å². The molecule has 0 bridgehead atoms. The molecule has 0 aliphatic rings. The maximum atomic E-state index is 10.6. The van der Waals surface area contributed by atoms with E-state index in [-0.39, 0.29) is 13.2 Å². The van der Waals surface area contributed by atoms with Gasteiger partial charge in [0.15, 0.2) is 0 Å². The Morgan fingerprint density at radius 1 is 1.56 bits per heavy atom. The minimum atomic E-state index is -0.926. The van der Waals surface area contributed by atoms with Gasteiger partial charge in [0.05, 0.1) is 12.8 Å². The summed E-state index contributed by atoms with van der Waals surface area (Å²) in [6.45, 7) is 3.17. The first kappa shape index (κ1) is 12.5. The highest BCUT2D eigenvalue weighted by atomic mass is 16.4. The van der Waals surface area contributed by atoms with Gasteiger partial charge in [0.2, 0.25) is 0 Å². The van der Waals surface area contributed by atoms with Crippen LogP contribution in [0.4, 0.5) is 5.82 Å². The van der Waals surface area contributed by atoms with E-state index in [1.807, 2.05) is 11.8 Å². The Morgan fingerprint density at radius 2 is 2.31 bits per heavy atom. The van der Waals surface area contributed by atoms with E-state index in [2.05, 4.69) is 5.10 Å². The minimum absolute atomic E-state index is 0.0399. The molecular weight excluding hydrogens is 210 g/mol. The number of aliphatic hydroxyl groups is 1. The largest absolute Gasteiger partial charge is 0.480 e. The number of hydrogen-bond acceptors (Lipinski definition) is 4. The lowest BCUT2D eigenvalue weighted by Crippen LogP contribution is -2.30. The van der Waals surface area contributed by atoms with E-state index in [1.54, 1.807) is 12.3 Å². The minimum Gasteiger partial charge on any atom is -0.480 e. The van der Waals surface area contributed by atoms with Crippen molar-refractivity contribution in [3.63, 3.8) is 0 Å². The summed E-state index contributed by atoms with van der Waals surface area (Å²) in [5.74, 6) is -0.191. The van der Waals surface area contributed by atoms with Crippen LogP contribution >= 0.6 is 0 Å². The molecule has 0 unspecified atom stereocenters. The molecule has 1 heterocycles.